The first-order valence-corrected chi connectivity index (χ1v) is 9.11. The summed E-state index contributed by atoms with van der Waals surface area (Å²) < 4.78 is 12.7. The van der Waals surface area contributed by atoms with Gasteiger partial charge in [-0.25, -0.2) is 4.98 Å². The third-order valence-electron chi connectivity index (χ3n) is 4.67. The zero-order chi connectivity index (χ0) is 18.8. The van der Waals surface area contributed by atoms with Crippen LogP contribution in [0.3, 0.4) is 0 Å². The lowest BCUT2D eigenvalue weighted by Crippen LogP contribution is -2.40. The van der Waals surface area contributed by atoms with Gasteiger partial charge >= 0.3 is 0 Å². The number of amides is 1. The second-order valence-electron chi connectivity index (χ2n) is 6.84. The Kier molecular flexibility index (Phi) is 4.77. The third kappa shape index (κ3) is 3.50. The summed E-state index contributed by atoms with van der Waals surface area (Å²) in [5.74, 6) is 1.63. The van der Waals surface area contributed by atoms with Gasteiger partial charge in [0.25, 0.3) is 5.91 Å². The Morgan fingerprint density at radius 2 is 1.89 bits per heavy atom. The lowest BCUT2D eigenvalue weighted by Gasteiger charge is -2.26. The van der Waals surface area contributed by atoms with Crippen molar-refractivity contribution in [1.29, 1.82) is 0 Å². The summed E-state index contributed by atoms with van der Waals surface area (Å²) in [6.07, 6.45) is 3.59. The van der Waals surface area contributed by atoms with E-state index >= 15 is 0 Å². The van der Waals surface area contributed by atoms with E-state index in [9.17, 15) is 4.79 Å². The molecule has 0 N–H and O–H groups in total. The SMILES string of the molecule is CC(C)c1cc(-c2nccn2-c2ccc(C(=O)N3CCOCC3)cc2)on1. The van der Waals surface area contributed by atoms with Crippen molar-refractivity contribution in [3.8, 4) is 17.3 Å². The lowest BCUT2D eigenvalue weighted by atomic mass is 10.1. The van der Waals surface area contributed by atoms with E-state index in [-0.39, 0.29) is 11.8 Å². The number of carbonyl (C=O) groups excluding carboxylic acids is 1. The van der Waals surface area contributed by atoms with E-state index in [4.69, 9.17) is 9.26 Å². The lowest BCUT2D eigenvalue weighted by molar-refractivity contribution is 0.0303. The van der Waals surface area contributed by atoms with Gasteiger partial charge in [0.15, 0.2) is 5.82 Å². The van der Waals surface area contributed by atoms with Gasteiger partial charge in [-0.05, 0) is 30.2 Å². The van der Waals surface area contributed by atoms with Crippen LogP contribution in [0.1, 0.15) is 35.8 Å². The summed E-state index contributed by atoms with van der Waals surface area (Å²) in [7, 11) is 0. The van der Waals surface area contributed by atoms with Crippen LogP contribution in [0.25, 0.3) is 17.3 Å². The molecular weight excluding hydrogens is 344 g/mol. The van der Waals surface area contributed by atoms with Gasteiger partial charge in [-0.15, -0.1) is 0 Å². The van der Waals surface area contributed by atoms with Gasteiger partial charge in [-0.2, -0.15) is 0 Å². The highest BCUT2D eigenvalue weighted by molar-refractivity contribution is 5.94. The van der Waals surface area contributed by atoms with Crippen LogP contribution in [0, 0.1) is 0 Å². The predicted octanol–water partition coefficient (Wildman–Crippen LogP) is 3.12. The minimum atomic E-state index is 0.0347. The van der Waals surface area contributed by atoms with Crippen LogP contribution in [-0.2, 0) is 4.74 Å². The molecule has 0 saturated carbocycles. The van der Waals surface area contributed by atoms with Gasteiger partial charge in [0, 0.05) is 42.8 Å². The van der Waals surface area contributed by atoms with E-state index < -0.39 is 0 Å². The zero-order valence-electron chi connectivity index (χ0n) is 15.5. The molecule has 4 rings (SSSR count). The van der Waals surface area contributed by atoms with Crippen LogP contribution < -0.4 is 0 Å². The number of hydrogen-bond acceptors (Lipinski definition) is 5. The molecule has 0 bridgehead atoms. The summed E-state index contributed by atoms with van der Waals surface area (Å²) in [5.41, 5.74) is 2.47. The maximum Gasteiger partial charge on any atom is 0.254 e. The molecule has 1 amide bonds. The van der Waals surface area contributed by atoms with E-state index in [1.165, 1.54) is 0 Å². The smallest absolute Gasteiger partial charge is 0.254 e. The highest BCUT2D eigenvalue weighted by Gasteiger charge is 2.19. The highest BCUT2D eigenvalue weighted by atomic mass is 16.5. The Morgan fingerprint density at radius 3 is 2.56 bits per heavy atom. The van der Waals surface area contributed by atoms with Gasteiger partial charge in [-0.3, -0.25) is 9.36 Å². The number of carbonyl (C=O) groups is 1. The molecule has 1 aliphatic heterocycles. The van der Waals surface area contributed by atoms with Crippen LogP contribution in [0.4, 0.5) is 0 Å². The maximum atomic E-state index is 12.6. The summed E-state index contributed by atoms with van der Waals surface area (Å²) in [5, 5.41) is 4.11. The molecule has 1 fully saturated rings. The van der Waals surface area contributed by atoms with E-state index in [1.807, 2.05) is 46.0 Å². The quantitative estimate of drug-likeness (QED) is 0.709. The Labute approximate surface area is 157 Å². The van der Waals surface area contributed by atoms with Gasteiger partial charge in [0.05, 0.1) is 18.9 Å². The standard InChI is InChI=1S/C20H22N4O3/c1-14(2)17-13-18(27-22-17)19-21-7-8-24(19)16-5-3-15(4-6-16)20(25)23-9-11-26-12-10-23/h3-8,13-14H,9-12H2,1-2H3. The summed E-state index contributed by atoms with van der Waals surface area (Å²) >= 11 is 0. The molecule has 1 aliphatic rings. The zero-order valence-corrected chi connectivity index (χ0v) is 15.5. The fraction of sp³-hybridized carbons (Fsp3) is 0.350. The van der Waals surface area contributed by atoms with Crippen molar-refractivity contribution in [3.05, 3.63) is 54.0 Å². The molecule has 3 heterocycles. The van der Waals surface area contributed by atoms with Gasteiger partial charge in [0.1, 0.15) is 0 Å². The monoisotopic (exact) mass is 366 g/mol. The highest BCUT2D eigenvalue weighted by Crippen LogP contribution is 2.25. The van der Waals surface area contributed by atoms with Crippen molar-refractivity contribution in [2.24, 2.45) is 0 Å². The molecule has 0 aliphatic carbocycles. The number of imidazole rings is 1. The number of morpholine rings is 1. The molecule has 7 heteroatoms. The number of ether oxygens (including phenoxy) is 1. The first-order valence-electron chi connectivity index (χ1n) is 9.11. The Hall–Kier alpha value is -2.93. The number of benzene rings is 1. The average Bonchev–Trinajstić information content (AvgIpc) is 3.37. The Bertz CT molecular complexity index is 921. The van der Waals surface area contributed by atoms with Crippen LogP contribution >= 0.6 is 0 Å². The normalized spacial score (nSPS) is 14.7. The van der Waals surface area contributed by atoms with Crippen molar-refractivity contribution >= 4 is 5.91 Å². The Morgan fingerprint density at radius 1 is 1.15 bits per heavy atom. The average molecular weight is 366 g/mol. The minimum Gasteiger partial charge on any atom is -0.378 e. The van der Waals surface area contributed by atoms with E-state index in [1.54, 1.807) is 6.20 Å². The topological polar surface area (TPSA) is 73.4 Å². The first kappa shape index (κ1) is 17.5. The largest absolute Gasteiger partial charge is 0.378 e. The molecule has 3 aromatic rings. The van der Waals surface area contributed by atoms with Crippen molar-refractivity contribution in [2.45, 2.75) is 19.8 Å². The van der Waals surface area contributed by atoms with Gasteiger partial charge in [0.2, 0.25) is 5.76 Å². The third-order valence-corrected chi connectivity index (χ3v) is 4.67. The number of rotatable bonds is 4. The molecule has 0 unspecified atom stereocenters. The molecule has 7 nitrogen and oxygen atoms in total. The molecule has 1 aromatic carbocycles. The van der Waals surface area contributed by atoms with Crippen molar-refractivity contribution in [1.82, 2.24) is 19.6 Å². The van der Waals surface area contributed by atoms with Crippen LogP contribution in [0.2, 0.25) is 0 Å². The van der Waals surface area contributed by atoms with Crippen LogP contribution in [-0.4, -0.2) is 51.8 Å². The summed E-state index contributed by atoms with van der Waals surface area (Å²) in [6.45, 7) is 6.60. The molecule has 0 spiro atoms. The fourth-order valence-electron chi connectivity index (χ4n) is 3.07. The number of hydrogen-bond donors (Lipinski definition) is 0. The fourth-order valence-corrected chi connectivity index (χ4v) is 3.07. The van der Waals surface area contributed by atoms with Gasteiger partial charge in [-0.1, -0.05) is 19.0 Å². The second-order valence-corrected chi connectivity index (χ2v) is 6.84. The Balaban J connectivity index is 1.58. The molecule has 0 radical (unpaired) electrons. The van der Waals surface area contributed by atoms with Crippen molar-refractivity contribution < 1.29 is 14.1 Å². The molecular formula is C20H22N4O3. The second kappa shape index (κ2) is 7.36. The van der Waals surface area contributed by atoms with E-state index in [0.717, 1.165) is 11.4 Å². The summed E-state index contributed by atoms with van der Waals surface area (Å²) in [4.78, 5) is 18.8. The molecule has 140 valence electrons. The summed E-state index contributed by atoms with van der Waals surface area (Å²) in [6, 6.07) is 9.44. The maximum absolute atomic E-state index is 12.6. The first-order chi connectivity index (χ1) is 13.1. The van der Waals surface area contributed by atoms with Crippen molar-refractivity contribution in [2.75, 3.05) is 26.3 Å². The van der Waals surface area contributed by atoms with Crippen LogP contribution in [0.15, 0.2) is 47.2 Å². The number of aromatic nitrogens is 3. The predicted molar refractivity (Wildman–Crippen MR) is 99.9 cm³/mol. The van der Waals surface area contributed by atoms with E-state index in [2.05, 4.69) is 24.0 Å². The van der Waals surface area contributed by atoms with Crippen LogP contribution in [0.5, 0.6) is 0 Å². The van der Waals surface area contributed by atoms with E-state index in [0.29, 0.717) is 43.5 Å². The molecule has 0 atom stereocenters. The molecule has 2 aromatic heterocycles. The van der Waals surface area contributed by atoms with Crippen molar-refractivity contribution in [3.63, 3.8) is 0 Å². The molecule has 27 heavy (non-hydrogen) atoms. The minimum absolute atomic E-state index is 0.0347. The number of nitrogens with zero attached hydrogens (tertiary/aromatic N) is 4. The van der Waals surface area contributed by atoms with Gasteiger partial charge < -0.3 is 14.2 Å². The molecule has 1 saturated heterocycles.